The average molecular weight is 386 g/mol. The van der Waals surface area contributed by atoms with E-state index in [2.05, 4.69) is 19.9 Å². The lowest BCUT2D eigenvalue weighted by Crippen LogP contribution is -2.39. The molecule has 0 spiro atoms. The molecular formula is C20H22N2O4S. The molecule has 1 aliphatic heterocycles. The molecule has 1 heterocycles. The van der Waals surface area contributed by atoms with E-state index in [1.165, 1.54) is 28.6 Å². The molecular weight excluding hydrogens is 364 g/mol. The van der Waals surface area contributed by atoms with Gasteiger partial charge in [0.1, 0.15) is 0 Å². The number of rotatable bonds is 5. The number of sulfonamides is 1. The molecule has 3 rings (SSSR count). The van der Waals surface area contributed by atoms with Crippen LogP contribution in [0.3, 0.4) is 0 Å². The highest BCUT2D eigenvalue weighted by Gasteiger charge is 2.32. The Kier molecular flexibility index (Phi) is 5.43. The molecule has 2 aromatic carbocycles. The van der Waals surface area contributed by atoms with Gasteiger partial charge in [0.15, 0.2) is 0 Å². The zero-order chi connectivity index (χ0) is 19.6. The fraction of sp³-hybridized carbons (Fsp3) is 0.300. The Balaban J connectivity index is 1.95. The van der Waals surface area contributed by atoms with E-state index in [9.17, 15) is 18.5 Å². The van der Waals surface area contributed by atoms with Gasteiger partial charge < -0.3 is 0 Å². The molecule has 2 aromatic rings. The predicted molar refractivity (Wildman–Crippen MR) is 104 cm³/mol. The first-order chi connectivity index (χ1) is 12.8. The van der Waals surface area contributed by atoms with Crippen LogP contribution in [0.4, 0.5) is 5.69 Å². The van der Waals surface area contributed by atoms with Gasteiger partial charge in [-0.1, -0.05) is 55.8 Å². The SMILES string of the molecule is CC(C)C1=CC(c2ccccc2)CN(S(=O)(=O)c2ccc([N+](=O)[O-])cc2)C1. The van der Waals surface area contributed by atoms with Crippen molar-refractivity contribution in [2.24, 2.45) is 5.92 Å². The van der Waals surface area contributed by atoms with E-state index in [-0.39, 0.29) is 22.4 Å². The number of nitrogens with zero attached hydrogens (tertiary/aromatic N) is 2. The fourth-order valence-electron chi connectivity index (χ4n) is 3.20. The Bertz CT molecular complexity index is 951. The predicted octanol–water partition coefficient (Wildman–Crippen LogP) is 3.97. The van der Waals surface area contributed by atoms with Crippen molar-refractivity contribution in [1.82, 2.24) is 4.31 Å². The highest BCUT2D eigenvalue weighted by atomic mass is 32.2. The summed E-state index contributed by atoms with van der Waals surface area (Å²) in [5.41, 5.74) is 2.01. The van der Waals surface area contributed by atoms with Crippen molar-refractivity contribution in [2.45, 2.75) is 24.7 Å². The lowest BCUT2D eigenvalue weighted by molar-refractivity contribution is -0.384. The van der Waals surface area contributed by atoms with E-state index in [1.54, 1.807) is 0 Å². The van der Waals surface area contributed by atoms with Gasteiger partial charge in [-0.3, -0.25) is 10.1 Å². The number of non-ortho nitro benzene ring substituents is 1. The third-order valence-corrected chi connectivity index (χ3v) is 6.66. The Morgan fingerprint density at radius 2 is 1.70 bits per heavy atom. The molecule has 0 bridgehead atoms. The summed E-state index contributed by atoms with van der Waals surface area (Å²) in [6.45, 7) is 4.78. The van der Waals surface area contributed by atoms with Crippen LogP contribution in [0.5, 0.6) is 0 Å². The van der Waals surface area contributed by atoms with Crippen molar-refractivity contribution >= 4 is 15.7 Å². The van der Waals surface area contributed by atoms with E-state index in [1.807, 2.05) is 30.3 Å². The number of hydrogen-bond acceptors (Lipinski definition) is 4. The molecule has 27 heavy (non-hydrogen) atoms. The van der Waals surface area contributed by atoms with Crippen LogP contribution in [0.25, 0.3) is 0 Å². The molecule has 0 radical (unpaired) electrons. The van der Waals surface area contributed by atoms with Gasteiger partial charge >= 0.3 is 0 Å². The molecule has 0 saturated carbocycles. The molecule has 1 aliphatic rings. The molecule has 0 aromatic heterocycles. The van der Waals surface area contributed by atoms with Crippen molar-refractivity contribution < 1.29 is 13.3 Å². The minimum absolute atomic E-state index is 0.0230. The fourth-order valence-corrected chi connectivity index (χ4v) is 4.65. The maximum absolute atomic E-state index is 13.1. The van der Waals surface area contributed by atoms with Gasteiger partial charge in [-0.05, 0) is 23.6 Å². The largest absolute Gasteiger partial charge is 0.269 e. The highest BCUT2D eigenvalue weighted by Crippen LogP contribution is 2.31. The van der Waals surface area contributed by atoms with Gasteiger partial charge in [0.25, 0.3) is 5.69 Å². The summed E-state index contributed by atoms with van der Waals surface area (Å²) in [5.74, 6) is 0.205. The van der Waals surface area contributed by atoms with E-state index < -0.39 is 14.9 Å². The molecule has 0 fully saturated rings. The molecule has 6 nitrogen and oxygen atoms in total. The molecule has 0 N–H and O–H groups in total. The maximum atomic E-state index is 13.1. The van der Waals surface area contributed by atoms with Crippen LogP contribution < -0.4 is 0 Å². The molecule has 0 aliphatic carbocycles. The van der Waals surface area contributed by atoms with Gasteiger partial charge in [0.2, 0.25) is 10.0 Å². The molecule has 142 valence electrons. The van der Waals surface area contributed by atoms with Crippen molar-refractivity contribution in [3.8, 4) is 0 Å². The second-order valence-corrected chi connectivity index (χ2v) is 8.90. The van der Waals surface area contributed by atoms with Gasteiger partial charge in [-0.15, -0.1) is 0 Å². The minimum atomic E-state index is -3.74. The van der Waals surface area contributed by atoms with Crippen LogP contribution in [0, 0.1) is 16.0 Å². The third kappa shape index (κ3) is 4.09. The highest BCUT2D eigenvalue weighted by molar-refractivity contribution is 7.89. The molecule has 1 unspecified atom stereocenters. The lowest BCUT2D eigenvalue weighted by atomic mass is 9.90. The minimum Gasteiger partial charge on any atom is -0.258 e. The standard InChI is InChI=1S/C20H22N2O4S/c1-15(2)17-12-18(16-6-4-3-5-7-16)14-21(13-17)27(25,26)20-10-8-19(9-11-20)22(23)24/h3-12,15,18H,13-14H2,1-2H3. The number of benzene rings is 2. The summed E-state index contributed by atoms with van der Waals surface area (Å²) in [5, 5.41) is 10.8. The normalized spacial score (nSPS) is 18.3. The smallest absolute Gasteiger partial charge is 0.258 e. The van der Waals surface area contributed by atoms with Crippen LogP contribution in [0.15, 0.2) is 71.1 Å². The van der Waals surface area contributed by atoms with Gasteiger partial charge in [-0.25, -0.2) is 8.42 Å². The summed E-state index contributed by atoms with van der Waals surface area (Å²) >= 11 is 0. The van der Waals surface area contributed by atoms with Crippen LogP contribution in [-0.2, 0) is 10.0 Å². The second kappa shape index (κ2) is 7.62. The zero-order valence-corrected chi connectivity index (χ0v) is 16.1. The Hall–Kier alpha value is -2.51. The average Bonchev–Trinajstić information content (AvgIpc) is 2.68. The second-order valence-electron chi connectivity index (χ2n) is 6.96. The summed E-state index contributed by atoms with van der Waals surface area (Å²) < 4.78 is 27.8. The molecule has 0 amide bonds. The van der Waals surface area contributed by atoms with E-state index in [0.29, 0.717) is 13.1 Å². The maximum Gasteiger partial charge on any atom is 0.269 e. The van der Waals surface area contributed by atoms with Gasteiger partial charge in [0, 0.05) is 31.1 Å². The number of nitro benzene ring substituents is 1. The first-order valence-corrected chi connectivity index (χ1v) is 10.2. The van der Waals surface area contributed by atoms with Gasteiger partial charge in [0.05, 0.1) is 9.82 Å². The molecule has 1 atom stereocenters. The van der Waals surface area contributed by atoms with Crippen molar-refractivity contribution in [2.75, 3.05) is 13.1 Å². The monoisotopic (exact) mass is 386 g/mol. The summed E-state index contributed by atoms with van der Waals surface area (Å²) in [7, 11) is -3.74. The summed E-state index contributed by atoms with van der Waals surface area (Å²) in [6.07, 6.45) is 2.17. The third-order valence-electron chi connectivity index (χ3n) is 4.83. The van der Waals surface area contributed by atoms with Crippen LogP contribution in [0.2, 0.25) is 0 Å². The van der Waals surface area contributed by atoms with E-state index in [0.717, 1.165) is 11.1 Å². The Labute approximate surface area is 159 Å². The number of hydrogen-bond donors (Lipinski definition) is 0. The summed E-state index contributed by atoms with van der Waals surface area (Å²) in [6, 6.07) is 14.9. The number of nitro groups is 1. The summed E-state index contributed by atoms with van der Waals surface area (Å²) in [4.78, 5) is 10.4. The Morgan fingerprint density at radius 3 is 2.26 bits per heavy atom. The lowest BCUT2D eigenvalue weighted by Gasteiger charge is -2.33. The first-order valence-electron chi connectivity index (χ1n) is 8.79. The topological polar surface area (TPSA) is 80.5 Å². The van der Waals surface area contributed by atoms with E-state index >= 15 is 0 Å². The van der Waals surface area contributed by atoms with Crippen molar-refractivity contribution in [3.63, 3.8) is 0 Å². The van der Waals surface area contributed by atoms with Crippen LogP contribution in [-0.4, -0.2) is 30.7 Å². The molecule has 0 saturated heterocycles. The van der Waals surface area contributed by atoms with Crippen molar-refractivity contribution in [3.05, 3.63) is 81.9 Å². The van der Waals surface area contributed by atoms with E-state index in [4.69, 9.17) is 0 Å². The molecule has 7 heteroatoms. The quantitative estimate of drug-likeness (QED) is 0.442. The Morgan fingerprint density at radius 1 is 1.07 bits per heavy atom. The van der Waals surface area contributed by atoms with Crippen LogP contribution in [0.1, 0.15) is 25.3 Å². The first kappa shape index (κ1) is 19.3. The van der Waals surface area contributed by atoms with Crippen LogP contribution >= 0.6 is 0 Å². The zero-order valence-electron chi connectivity index (χ0n) is 15.3. The van der Waals surface area contributed by atoms with Gasteiger partial charge in [-0.2, -0.15) is 4.31 Å². The van der Waals surface area contributed by atoms with Crippen molar-refractivity contribution in [1.29, 1.82) is 0 Å².